The number of rotatable bonds is 4. The average Bonchev–Trinajstić information content (AvgIpc) is 2.15. The SMILES string of the molecule is CCCOc1c(Cl)cccc1CN.Cl. The van der Waals surface area contributed by atoms with E-state index < -0.39 is 0 Å². The summed E-state index contributed by atoms with van der Waals surface area (Å²) >= 11 is 5.96. The molecule has 2 N–H and O–H groups in total. The van der Waals surface area contributed by atoms with Gasteiger partial charge in [-0.25, -0.2) is 0 Å². The van der Waals surface area contributed by atoms with Crippen molar-refractivity contribution in [2.45, 2.75) is 19.9 Å². The van der Waals surface area contributed by atoms with Crippen LogP contribution in [0.1, 0.15) is 18.9 Å². The molecule has 0 aliphatic heterocycles. The Morgan fingerprint density at radius 1 is 1.43 bits per heavy atom. The molecule has 0 bridgehead atoms. The summed E-state index contributed by atoms with van der Waals surface area (Å²) in [5.41, 5.74) is 6.51. The average molecular weight is 236 g/mol. The summed E-state index contributed by atoms with van der Waals surface area (Å²) in [7, 11) is 0. The van der Waals surface area contributed by atoms with Gasteiger partial charge in [0.2, 0.25) is 0 Å². The van der Waals surface area contributed by atoms with Gasteiger partial charge in [-0.3, -0.25) is 0 Å². The zero-order chi connectivity index (χ0) is 9.68. The standard InChI is InChI=1S/C10H14ClNO.ClH/c1-2-6-13-10-8(7-12)4-3-5-9(10)11;/h3-5H,2,6-7,12H2,1H3;1H. The number of para-hydroxylation sites is 1. The van der Waals surface area contributed by atoms with Crippen LogP contribution >= 0.6 is 24.0 Å². The zero-order valence-corrected chi connectivity index (χ0v) is 9.70. The van der Waals surface area contributed by atoms with Crippen molar-refractivity contribution >= 4 is 24.0 Å². The molecule has 0 atom stereocenters. The molecule has 0 heterocycles. The van der Waals surface area contributed by atoms with Crippen molar-refractivity contribution in [2.75, 3.05) is 6.61 Å². The van der Waals surface area contributed by atoms with Gasteiger partial charge >= 0.3 is 0 Å². The van der Waals surface area contributed by atoms with E-state index in [2.05, 4.69) is 6.92 Å². The second kappa shape index (κ2) is 6.93. The van der Waals surface area contributed by atoms with Crippen molar-refractivity contribution in [3.8, 4) is 5.75 Å². The van der Waals surface area contributed by atoms with Crippen molar-refractivity contribution < 1.29 is 4.74 Å². The highest BCUT2D eigenvalue weighted by atomic mass is 35.5. The van der Waals surface area contributed by atoms with Crippen LogP contribution in [0.3, 0.4) is 0 Å². The fourth-order valence-corrected chi connectivity index (χ4v) is 1.33. The van der Waals surface area contributed by atoms with Crippen LogP contribution in [0, 0.1) is 0 Å². The maximum absolute atomic E-state index is 5.96. The van der Waals surface area contributed by atoms with Crippen molar-refractivity contribution in [3.63, 3.8) is 0 Å². The summed E-state index contributed by atoms with van der Waals surface area (Å²) in [6.07, 6.45) is 0.967. The van der Waals surface area contributed by atoms with Crippen LogP contribution in [0.25, 0.3) is 0 Å². The van der Waals surface area contributed by atoms with Gasteiger partial charge in [0.15, 0.2) is 0 Å². The third-order valence-electron chi connectivity index (χ3n) is 1.72. The van der Waals surface area contributed by atoms with Crippen LogP contribution in [0.5, 0.6) is 5.75 Å². The molecular weight excluding hydrogens is 221 g/mol. The highest BCUT2D eigenvalue weighted by Crippen LogP contribution is 2.28. The lowest BCUT2D eigenvalue weighted by atomic mass is 10.2. The van der Waals surface area contributed by atoms with E-state index in [1.165, 1.54) is 0 Å². The first-order valence-electron chi connectivity index (χ1n) is 4.39. The van der Waals surface area contributed by atoms with Crippen LogP contribution in [0.15, 0.2) is 18.2 Å². The van der Waals surface area contributed by atoms with E-state index in [1.807, 2.05) is 18.2 Å². The third-order valence-corrected chi connectivity index (χ3v) is 2.02. The number of nitrogens with two attached hydrogens (primary N) is 1. The quantitative estimate of drug-likeness (QED) is 0.872. The lowest BCUT2D eigenvalue weighted by Crippen LogP contribution is -2.03. The fourth-order valence-electron chi connectivity index (χ4n) is 1.08. The normalized spacial score (nSPS) is 9.36. The molecule has 1 aromatic rings. The molecule has 0 unspecified atom stereocenters. The highest BCUT2D eigenvalue weighted by molar-refractivity contribution is 6.32. The van der Waals surface area contributed by atoms with E-state index in [1.54, 1.807) is 0 Å². The van der Waals surface area contributed by atoms with Crippen LogP contribution in [-0.2, 0) is 6.54 Å². The summed E-state index contributed by atoms with van der Waals surface area (Å²) in [6, 6.07) is 5.62. The van der Waals surface area contributed by atoms with Gasteiger partial charge in [0.05, 0.1) is 11.6 Å². The summed E-state index contributed by atoms with van der Waals surface area (Å²) in [6.45, 7) is 3.19. The molecule has 1 rings (SSSR count). The van der Waals surface area contributed by atoms with Gasteiger partial charge in [0.25, 0.3) is 0 Å². The van der Waals surface area contributed by atoms with E-state index in [0.717, 1.165) is 17.7 Å². The van der Waals surface area contributed by atoms with Gasteiger partial charge in [-0.2, -0.15) is 0 Å². The molecule has 0 fully saturated rings. The second-order valence-corrected chi connectivity index (χ2v) is 3.19. The van der Waals surface area contributed by atoms with Gasteiger partial charge < -0.3 is 10.5 Å². The number of benzene rings is 1. The highest BCUT2D eigenvalue weighted by Gasteiger charge is 2.05. The van der Waals surface area contributed by atoms with Crippen molar-refractivity contribution in [3.05, 3.63) is 28.8 Å². The maximum Gasteiger partial charge on any atom is 0.142 e. The first kappa shape index (κ1) is 13.6. The Balaban J connectivity index is 0.00000169. The van der Waals surface area contributed by atoms with E-state index >= 15 is 0 Å². The van der Waals surface area contributed by atoms with E-state index in [-0.39, 0.29) is 12.4 Å². The smallest absolute Gasteiger partial charge is 0.142 e. The Kier molecular flexibility index (Phi) is 6.71. The maximum atomic E-state index is 5.96. The van der Waals surface area contributed by atoms with Gasteiger partial charge in [-0.1, -0.05) is 30.7 Å². The van der Waals surface area contributed by atoms with E-state index in [0.29, 0.717) is 18.2 Å². The molecular formula is C10H15Cl2NO. The summed E-state index contributed by atoms with van der Waals surface area (Å²) in [4.78, 5) is 0. The van der Waals surface area contributed by atoms with Crippen LogP contribution in [0.2, 0.25) is 5.02 Å². The first-order chi connectivity index (χ1) is 6.29. The van der Waals surface area contributed by atoms with Crippen molar-refractivity contribution in [1.29, 1.82) is 0 Å². The first-order valence-corrected chi connectivity index (χ1v) is 4.77. The molecule has 0 radical (unpaired) electrons. The Labute approximate surface area is 95.8 Å². The fraction of sp³-hybridized carbons (Fsp3) is 0.400. The molecule has 2 nitrogen and oxygen atoms in total. The van der Waals surface area contributed by atoms with Crippen LogP contribution in [-0.4, -0.2) is 6.61 Å². The predicted octanol–water partition coefficient (Wildman–Crippen LogP) is 3.01. The van der Waals surface area contributed by atoms with Gasteiger partial charge in [-0.15, -0.1) is 12.4 Å². The molecule has 1 aromatic carbocycles. The van der Waals surface area contributed by atoms with Crippen LogP contribution < -0.4 is 10.5 Å². The Hall–Kier alpha value is -0.440. The summed E-state index contributed by atoms with van der Waals surface area (Å²) in [5, 5.41) is 0.636. The monoisotopic (exact) mass is 235 g/mol. The number of ether oxygens (including phenoxy) is 1. The predicted molar refractivity (Wildman–Crippen MR) is 62.4 cm³/mol. The zero-order valence-electron chi connectivity index (χ0n) is 8.13. The van der Waals surface area contributed by atoms with Gasteiger partial charge in [0, 0.05) is 12.1 Å². The molecule has 4 heteroatoms. The Morgan fingerprint density at radius 3 is 2.71 bits per heavy atom. The largest absolute Gasteiger partial charge is 0.492 e. The molecule has 0 spiro atoms. The lowest BCUT2D eigenvalue weighted by molar-refractivity contribution is 0.314. The van der Waals surface area contributed by atoms with Gasteiger partial charge in [-0.05, 0) is 12.5 Å². The number of hydrogen-bond donors (Lipinski definition) is 1. The number of halogens is 2. The molecule has 0 aromatic heterocycles. The van der Waals surface area contributed by atoms with Gasteiger partial charge in [0.1, 0.15) is 5.75 Å². The van der Waals surface area contributed by atoms with Crippen LogP contribution in [0.4, 0.5) is 0 Å². The van der Waals surface area contributed by atoms with E-state index in [4.69, 9.17) is 22.1 Å². The van der Waals surface area contributed by atoms with Crippen molar-refractivity contribution in [1.82, 2.24) is 0 Å². The Bertz CT molecular complexity index is 279. The molecule has 0 aliphatic rings. The minimum atomic E-state index is 0. The molecule has 14 heavy (non-hydrogen) atoms. The van der Waals surface area contributed by atoms with Crippen molar-refractivity contribution in [2.24, 2.45) is 5.73 Å². The Morgan fingerprint density at radius 2 is 2.14 bits per heavy atom. The summed E-state index contributed by atoms with van der Waals surface area (Å²) in [5.74, 6) is 0.730. The molecule has 80 valence electrons. The number of hydrogen-bond acceptors (Lipinski definition) is 2. The molecule has 0 saturated carbocycles. The second-order valence-electron chi connectivity index (χ2n) is 2.78. The minimum Gasteiger partial charge on any atom is -0.492 e. The topological polar surface area (TPSA) is 35.2 Å². The van der Waals surface area contributed by atoms with E-state index in [9.17, 15) is 0 Å². The molecule has 0 amide bonds. The molecule has 0 saturated heterocycles. The molecule has 0 aliphatic carbocycles. The lowest BCUT2D eigenvalue weighted by Gasteiger charge is -2.10. The third kappa shape index (κ3) is 3.37. The minimum absolute atomic E-state index is 0. The summed E-state index contributed by atoms with van der Waals surface area (Å²) < 4.78 is 5.50.